The van der Waals surface area contributed by atoms with E-state index in [0.717, 1.165) is 6.20 Å². The Bertz CT molecular complexity index is 730. The van der Waals surface area contributed by atoms with Crippen LogP contribution in [0.15, 0.2) is 36.8 Å². The van der Waals surface area contributed by atoms with Crippen molar-refractivity contribution in [1.29, 1.82) is 0 Å². The molecule has 0 unspecified atom stereocenters. The smallest absolute Gasteiger partial charge is 0.253 e. The van der Waals surface area contributed by atoms with Crippen LogP contribution in [-0.2, 0) is 6.61 Å². The first-order chi connectivity index (χ1) is 12.6. The van der Waals surface area contributed by atoms with Crippen LogP contribution < -0.4 is 10.1 Å². The summed E-state index contributed by atoms with van der Waals surface area (Å²) in [4.78, 5) is 20.4. The van der Waals surface area contributed by atoms with E-state index >= 15 is 0 Å². The van der Waals surface area contributed by atoms with E-state index in [1.807, 2.05) is 0 Å². The van der Waals surface area contributed by atoms with Gasteiger partial charge in [0, 0.05) is 18.3 Å². The van der Waals surface area contributed by atoms with E-state index in [0.29, 0.717) is 22.9 Å². The van der Waals surface area contributed by atoms with Crippen LogP contribution in [0.1, 0.15) is 55.1 Å². The zero-order valence-corrected chi connectivity index (χ0v) is 15.0. The van der Waals surface area contributed by atoms with E-state index in [1.54, 1.807) is 18.3 Å². The summed E-state index contributed by atoms with van der Waals surface area (Å²) in [6.45, 7) is 2.27. The van der Waals surface area contributed by atoms with Crippen LogP contribution in [0.25, 0.3) is 0 Å². The van der Waals surface area contributed by atoms with E-state index < -0.39 is 5.82 Å². The third-order valence-electron chi connectivity index (χ3n) is 4.87. The molecule has 1 aliphatic rings. The van der Waals surface area contributed by atoms with Crippen LogP contribution in [0.2, 0.25) is 0 Å². The summed E-state index contributed by atoms with van der Waals surface area (Å²) in [6, 6.07) is 4.92. The van der Waals surface area contributed by atoms with E-state index in [9.17, 15) is 9.18 Å². The molecular formula is C20H24FN3O2. The highest BCUT2D eigenvalue weighted by atomic mass is 19.1. The third kappa shape index (κ3) is 5.00. The van der Waals surface area contributed by atoms with Gasteiger partial charge in [0.15, 0.2) is 0 Å². The van der Waals surface area contributed by atoms with Gasteiger partial charge in [-0.1, -0.05) is 19.3 Å². The molecule has 5 nitrogen and oxygen atoms in total. The van der Waals surface area contributed by atoms with Crippen molar-refractivity contribution < 1.29 is 13.9 Å². The molecule has 0 aromatic carbocycles. The van der Waals surface area contributed by atoms with Crippen LogP contribution in [0.5, 0.6) is 5.75 Å². The van der Waals surface area contributed by atoms with Gasteiger partial charge < -0.3 is 10.1 Å². The molecule has 0 saturated heterocycles. The largest absolute Gasteiger partial charge is 0.486 e. The number of halogens is 1. The molecule has 1 N–H and O–H groups in total. The minimum atomic E-state index is -0.449. The van der Waals surface area contributed by atoms with Gasteiger partial charge in [0.1, 0.15) is 18.2 Å². The highest BCUT2D eigenvalue weighted by Gasteiger charge is 2.21. The van der Waals surface area contributed by atoms with E-state index in [-0.39, 0.29) is 18.6 Å². The predicted molar refractivity (Wildman–Crippen MR) is 96.3 cm³/mol. The summed E-state index contributed by atoms with van der Waals surface area (Å²) in [6.07, 6.45) is 10.3. The number of aromatic nitrogens is 2. The Kier molecular flexibility index (Phi) is 6.15. The molecule has 0 radical (unpaired) electrons. The van der Waals surface area contributed by atoms with Crippen molar-refractivity contribution in [2.45, 2.75) is 51.7 Å². The van der Waals surface area contributed by atoms with Gasteiger partial charge in [0.05, 0.1) is 23.7 Å². The maximum atomic E-state index is 13.1. The molecular weight excluding hydrogens is 333 g/mol. The van der Waals surface area contributed by atoms with E-state index in [1.165, 1.54) is 44.4 Å². The third-order valence-corrected chi connectivity index (χ3v) is 4.87. The minimum absolute atomic E-state index is 0.0997. The van der Waals surface area contributed by atoms with Crippen molar-refractivity contribution in [3.63, 3.8) is 0 Å². The number of hydrogen-bond acceptors (Lipinski definition) is 4. The Hall–Kier alpha value is -2.50. The first-order valence-corrected chi connectivity index (χ1v) is 9.11. The lowest BCUT2D eigenvalue weighted by Crippen LogP contribution is -2.38. The van der Waals surface area contributed by atoms with Gasteiger partial charge in [-0.2, -0.15) is 0 Å². The van der Waals surface area contributed by atoms with Crippen molar-refractivity contribution in [1.82, 2.24) is 15.3 Å². The fourth-order valence-corrected chi connectivity index (χ4v) is 3.31. The summed E-state index contributed by atoms with van der Waals surface area (Å²) < 4.78 is 18.5. The van der Waals surface area contributed by atoms with Crippen molar-refractivity contribution in [3.05, 3.63) is 53.9 Å². The first kappa shape index (κ1) is 18.3. The second kappa shape index (κ2) is 8.74. The van der Waals surface area contributed by atoms with Gasteiger partial charge >= 0.3 is 0 Å². The standard InChI is InChI=1S/C20H24FN3O2/c1-14(15-5-3-2-4-6-15)24-20(25)16-7-8-18(23-10-16)13-26-19-9-17(21)11-22-12-19/h7-12,14-15H,2-6,13H2,1H3,(H,24,25)/t14-/m1/s1. The monoisotopic (exact) mass is 357 g/mol. The van der Waals surface area contributed by atoms with Gasteiger partial charge in [-0.25, -0.2) is 4.39 Å². The topological polar surface area (TPSA) is 64.1 Å². The average molecular weight is 357 g/mol. The molecule has 0 spiro atoms. The number of rotatable bonds is 6. The summed E-state index contributed by atoms with van der Waals surface area (Å²) in [7, 11) is 0. The number of ether oxygens (including phenoxy) is 1. The SMILES string of the molecule is C[C@@H](NC(=O)c1ccc(COc2cncc(F)c2)nc1)C1CCCCC1. The molecule has 1 fully saturated rings. The Labute approximate surface area is 153 Å². The van der Waals surface area contributed by atoms with Gasteiger partial charge in [0.2, 0.25) is 0 Å². The maximum Gasteiger partial charge on any atom is 0.253 e. The lowest BCUT2D eigenvalue weighted by atomic mass is 9.84. The molecule has 26 heavy (non-hydrogen) atoms. The number of carbonyl (C=O) groups is 1. The molecule has 6 heteroatoms. The zero-order valence-electron chi connectivity index (χ0n) is 15.0. The average Bonchev–Trinajstić information content (AvgIpc) is 2.67. The van der Waals surface area contributed by atoms with E-state index in [4.69, 9.17) is 4.74 Å². The number of nitrogens with zero attached hydrogens (tertiary/aromatic N) is 2. The highest BCUT2D eigenvalue weighted by Crippen LogP contribution is 2.26. The normalized spacial score (nSPS) is 16.1. The van der Waals surface area contributed by atoms with Crippen LogP contribution in [0, 0.1) is 11.7 Å². The molecule has 0 aliphatic heterocycles. The number of amides is 1. The number of nitrogens with one attached hydrogen (secondary N) is 1. The second-order valence-electron chi connectivity index (χ2n) is 6.83. The number of hydrogen-bond donors (Lipinski definition) is 1. The van der Waals surface area contributed by atoms with Crippen molar-refractivity contribution in [3.8, 4) is 5.75 Å². The summed E-state index contributed by atoms with van der Waals surface area (Å²) >= 11 is 0. The lowest BCUT2D eigenvalue weighted by Gasteiger charge is -2.28. The highest BCUT2D eigenvalue weighted by molar-refractivity contribution is 5.94. The molecule has 1 aliphatic carbocycles. The maximum absolute atomic E-state index is 13.1. The Morgan fingerprint density at radius 2 is 2.08 bits per heavy atom. The molecule has 2 aromatic heterocycles. The van der Waals surface area contributed by atoms with Gasteiger partial charge in [0.25, 0.3) is 5.91 Å². The fourth-order valence-electron chi connectivity index (χ4n) is 3.31. The molecule has 3 rings (SSSR count). The van der Waals surface area contributed by atoms with Gasteiger partial charge in [-0.3, -0.25) is 14.8 Å². The van der Waals surface area contributed by atoms with Crippen LogP contribution in [0.3, 0.4) is 0 Å². The molecule has 2 heterocycles. The quantitative estimate of drug-likeness (QED) is 0.852. The number of pyridine rings is 2. The van der Waals surface area contributed by atoms with Crippen LogP contribution >= 0.6 is 0 Å². The second-order valence-corrected chi connectivity index (χ2v) is 6.83. The summed E-state index contributed by atoms with van der Waals surface area (Å²) in [5, 5.41) is 3.09. The Balaban J connectivity index is 1.52. The molecule has 1 saturated carbocycles. The predicted octanol–water partition coefficient (Wildman–Crippen LogP) is 3.89. The van der Waals surface area contributed by atoms with Crippen molar-refractivity contribution in [2.75, 3.05) is 0 Å². The van der Waals surface area contributed by atoms with E-state index in [2.05, 4.69) is 22.2 Å². The molecule has 0 bridgehead atoms. The van der Waals surface area contributed by atoms with Gasteiger partial charge in [-0.05, 0) is 37.8 Å². The Morgan fingerprint density at radius 1 is 1.27 bits per heavy atom. The summed E-state index contributed by atoms with van der Waals surface area (Å²) in [5.74, 6) is 0.357. The van der Waals surface area contributed by atoms with Crippen LogP contribution in [0.4, 0.5) is 4.39 Å². The lowest BCUT2D eigenvalue weighted by molar-refractivity contribution is 0.0919. The Morgan fingerprint density at radius 3 is 2.77 bits per heavy atom. The molecule has 138 valence electrons. The van der Waals surface area contributed by atoms with Crippen molar-refractivity contribution >= 4 is 5.91 Å². The van der Waals surface area contributed by atoms with Gasteiger partial charge in [-0.15, -0.1) is 0 Å². The number of carbonyl (C=O) groups excluding carboxylic acids is 1. The molecule has 1 atom stereocenters. The minimum Gasteiger partial charge on any atom is -0.486 e. The zero-order chi connectivity index (χ0) is 18.4. The summed E-state index contributed by atoms with van der Waals surface area (Å²) in [5.41, 5.74) is 1.19. The van der Waals surface area contributed by atoms with Crippen LogP contribution in [-0.4, -0.2) is 21.9 Å². The molecule has 2 aromatic rings. The van der Waals surface area contributed by atoms with Crippen molar-refractivity contribution in [2.24, 2.45) is 5.92 Å². The first-order valence-electron chi connectivity index (χ1n) is 9.11. The fraction of sp³-hybridized carbons (Fsp3) is 0.450. The molecule has 1 amide bonds.